The van der Waals surface area contributed by atoms with Crippen molar-refractivity contribution in [3.8, 4) is 56.8 Å². The summed E-state index contributed by atoms with van der Waals surface area (Å²) in [7, 11) is 0. The summed E-state index contributed by atoms with van der Waals surface area (Å²) in [4.78, 5) is 142. The molecule has 0 saturated carbocycles. The molecule has 28 nitrogen and oxygen atoms in total. The fourth-order valence-electron chi connectivity index (χ4n) is 7.74. The predicted molar refractivity (Wildman–Crippen MR) is 404 cm³/mol. The van der Waals surface area contributed by atoms with Crippen LogP contribution in [-0.4, -0.2) is 164 Å². The molecule has 0 unspecified atom stereocenters. The van der Waals surface area contributed by atoms with Gasteiger partial charge in [0.05, 0.1) is 16.7 Å². The van der Waals surface area contributed by atoms with E-state index in [2.05, 4.69) is 59.2 Å². The highest BCUT2D eigenvalue weighted by atomic mass is 19.1. The highest BCUT2D eigenvalue weighted by molar-refractivity contribution is 6.01. The summed E-state index contributed by atoms with van der Waals surface area (Å²) in [5, 5.41) is 0. The third kappa shape index (κ3) is 34.2. The van der Waals surface area contributed by atoms with E-state index >= 15 is 0 Å². The molecule has 0 aromatic heterocycles. The summed E-state index contributed by atoms with van der Waals surface area (Å²) in [6.07, 6.45) is 0. The molecule has 29 heteroatoms. The Kier molecular flexibility index (Phi) is 39.8. The molecule has 5 aromatic carbocycles. The van der Waals surface area contributed by atoms with E-state index in [0.717, 1.165) is 29.3 Å². The molecule has 596 valence electrons. The molecule has 0 saturated heterocycles. The van der Waals surface area contributed by atoms with Crippen LogP contribution in [0.15, 0.2) is 206 Å². The van der Waals surface area contributed by atoms with Crippen LogP contribution >= 0.6 is 0 Å². The number of rotatable bonds is 41. The average Bonchev–Trinajstić information content (AvgIpc) is 0.820. The fourth-order valence-corrected chi connectivity index (χ4v) is 7.74. The number of carbonyl (C=O) groups excluding carboxylic acids is 12. The second kappa shape index (κ2) is 48.0. The van der Waals surface area contributed by atoms with E-state index in [1.54, 1.807) is 81.4 Å². The van der Waals surface area contributed by atoms with Crippen LogP contribution in [-0.2, 0) is 90.5 Å². The Labute approximate surface area is 647 Å². The third-order valence-corrected chi connectivity index (χ3v) is 13.5. The molecular weight excluding hydrogens is 1460 g/mol. The third-order valence-electron chi connectivity index (χ3n) is 13.5. The van der Waals surface area contributed by atoms with E-state index in [9.17, 15) is 61.9 Å². The van der Waals surface area contributed by atoms with Crippen LogP contribution in [0.5, 0.6) is 34.5 Å². The second-order valence-electron chi connectivity index (χ2n) is 23.8. The first-order valence-electron chi connectivity index (χ1n) is 33.8. The maximum absolute atomic E-state index is 14.6. The molecule has 0 fully saturated rings. The van der Waals surface area contributed by atoms with E-state index in [0.29, 0.717) is 50.8 Å². The zero-order chi connectivity index (χ0) is 83.7. The Morgan fingerprint density at radius 3 is 0.741 bits per heavy atom. The van der Waals surface area contributed by atoms with Gasteiger partial charge < -0.3 is 75.8 Å². The monoisotopic (exact) mass is 1550 g/mol. The molecule has 0 radical (unpaired) electrons. The first kappa shape index (κ1) is 92.7. The molecule has 112 heavy (non-hydrogen) atoms. The van der Waals surface area contributed by atoms with Gasteiger partial charge in [-0.2, -0.15) is 0 Å². The second-order valence-corrected chi connectivity index (χ2v) is 23.8. The first-order chi connectivity index (χ1) is 52.9. The van der Waals surface area contributed by atoms with Gasteiger partial charge >= 0.3 is 71.6 Å². The van der Waals surface area contributed by atoms with Crippen molar-refractivity contribution in [2.75, 3.05) is 92.5 Å². The van der Waals surface area contributed by atoms with Crippen molar-refractivity contribution in [2.45, 2.75) is 62.3 Å². The number of hydrogen-bond donors (Lipinski definition) is 0. The van der Waals surface area contributed by atoms with Gasteiger partial charge in [0.15, 0.2) is 34.6 Å². The lowest BCUT2D eigenvalue weighted by atomic mass is 10.0. The zero-order valence-corrected chi connectivity index (χ0v) is 63.8. The first-order valence-corrected chi connectivity index (χ1v) is 33.8. The quantitative estimate of drug-likeness (QED) is 0.0115. The zero-order valence-electron chi connectivity index (χ0n) is 63.8. The highest BCUT2D eigenvalue weighted by Gasteiger charge is 2.22. The molecule has 0 aliphatic rings. The van der Waals surface area contributed by atoms with Crippen LogP contribution in [0, 0.1) is 5.82 Å². The van der Waals surface area contributed by atoms with Gasteiger partial charge in [-0.25, -0.2) is 61.9 Å². The topological polar surface area (TPSA) is 353 Å². The van der Waals surface area contributed by atoms with Crippen molar-refractivity contribution in [3.63, 3.8) is 0 Å². The number of benzene rings is 5. The number of esters is 12. The Morgan fingerprint density at radius 2 is 0.464 bits per heavy atom. The van der Waals surface area contributed by atoms with Gasteiger partial charge in [0.25, 0.3) is 0 Å². The molecule has 0 atom stereocenters. The van der Waals surface area contributed by atoms with E-state index in [4.69, 9.17) is 75.8 Å². The number of halogens is 1. The predicted octanol–water partition coefficient (Wildman–Crippen LogP) is 12.3. The summed E-state index contributed by atoms with van der Waals surface area (Å²) < 4.78 is 97.6. The summed E-state index contributed by atoms with van der Waals surface area (Å²) in [5.74, 6) is -7.23. The summed E-state index contributed by atoms with van der Waals surface area (Å²) in [6, 6.07) is 24.7. The van der Waals surface area contributed by atoms with Gasteiger partial charge in [0.2, 0.25) is 0 Å². The largest absolute Gasteiger partial charge is 0.486 e. The van der Waals surface area contributed by atoms with E-state index < -0.39 is 77.4 Å². The minimum atomic E-state index is -0.934. The van der Waals surface area contributed by atoms with Crippen molar-refractivity contribution < 1.29 is 138 Å². The standard InChI is InChI=1S/C28H29FO8.C28H30O8.C27H30O12/c1-17(2)26(30)35-13-11-33-24-10-8-21(16-25(24)34-12-14-36-27(31)18(3)4)20-7-9-23(22(29)15-20)37-28(32)19(5)6;1-18(2)26(29)34-15-13-32-24-12-9-22(17-25(24)33-14-16-35-27(30)19(3)4)21-7-10-23(11-8-21)36-28(31)20(5)6;1-16(2)22(28)34-7-10-37-25(31)19-13-20(26(32)38-11-8-35-23(29)17(3)4)15-21(14-19)27(33)39-12-9-36-24(30)18(5)6/h7-10,15-16H,1,3,5,11-14H2,2,4,6H3;7-12,17H,1,3,5,13-16H2,2,4,6H3;13-15H,1,3,5,7-12H2,2,4,6H3. The summed E-state index contributed by atoms with van der Waals surface area (Å²) >= 11 is 0. The summed E-state index contributed by atoms with van der Waals surface area (Å²) in [6.45, 7) is 43.5. The van der Waals surface area contributed by atoms with Gasteiger partial charge in [-0.3, -0.25) is 0 Å². The lowest BCUT2D eigenvalue weighted by Crippen LogP contribution is -2.18. The lowest BCUT2D eigenvalue weighted by Gasteiger charge is -2.15. The molecule has 0 N–H and O–H groups in total. The maximum atomic E-state index is 14.6. The van der Waals surface area contributed by atoms with Crippen LogP contribution in [0.25, 0.3) is 22.3 Å². The van der Waals surface area contributed by atoms with Crippen LogP contribution in [0.3, 0.4) is 0 Å². The van der Waals surface area contributed by atoms with Crippen molar-refractivity contribution in [1.82, 2.24) is 0 Å². The number of ether oxygens (including phenoxy) is 16. The van der Waals surface area contributed by atoms with Crippen molar-refractivity contribution in [3.05, 3.63) is 229 Å². The number of hydrogen-bond acceptors (Lipinski definition) is 28. The Hall–Kier alpha value is -13.5. The summed E-state index contributed by atoms with van der Waals surface area (Å²) in [5.41, 5.74) is 4.16. The van der Waals surface area contributed by atoms with Crippen molar-refractivity contribution in [1.29, 1.82) is 0 Å². The molecule has 0 aliphatic heterocycles. The number of carbonyl (C=O) groups is 12. The van der Waals surface area contributed by atoms with Crippen LogP contribution in [0.2, 0.25) is 0 Å². The highest BCUT2D eigenvalue weighted by Crippen LogP contribution is 2.36. The van der Waals surface area contributed by atoms with Gasteiger partial charge in [-0.15, -0.1) is 0 Å². The minimum Gasteiger partial charge on any atom is -0.486 e. The van der Waals surface area contributed by atoms with E-state index in [-0.39, 0.29) is 154 Å². The van der Waals surface area contributed by atoms with Crippen LogP contribution in [0.1, 0.15) is 93.4 Å². The van der Waals surface area contributed by atoms with Gasteiger partial charge in [-0.1, -0.05) is 89.5 Å². The van der Waals surface area contributed by atoms with Crippen molar-refractivity contribution >= 4 is 71.6 Å². The smallest absolute Gasteiger partial charge is 0.338 e. The molecule has 5 aromatic rings. The molecular formula is C83H89FO28. The lowest BCUT2D eigenvalue weighted by molar-refractivity contribution is -0.140. The normalized spacial score (nSPS) is 10.1. The molecule has 0 spiro atoms. The van der Waals surface area contributed by atoms with Crippen LogP contribution in [0.4, 0.5) is 4.39 Å². The Bertz CT molecular complexity index is 4240. The van der Waals surface area contributed by atoms with E-state index in [1.807, 2.05) is 6.07 Å². The SMILES string of the molecule is C=C(C)C(=O)OCCOC(=O)c1cc(C(=O)OCCOC(=O)C(=C)C)cc(C(=O)OCCOC(=O)C(=C)C)c1.C=C(C)C(=O)OCCOc1ccc(-c2ccc(OC(=O)C(=C)C)c(F)c2)cc1OCCOC(=O)C(=C)C.C=C(C)C(=O)OCCOc1ccc(-c2ccc(OC(=O)C(=C)C)cc2)cc1OCCOC(=O)C(=C)C. The van der Waals surface area contributed by atoms with E-state index in [1.165, 1.54) is 53.7 Å². The van der Waals surface area contributed by atoms with Crippen LogP contribution < -0.4 is 28.4 Å². The maximum Gasteiger partial charge on any atom is 0.338 e. The average molecular weight is 1550 g/mol. The fraction of sp³-hybridized carbons (Fsp3) is 0.277. The van der Waals surface area contributed by atoms with Gasteiger partial charge in [0.1, 0.15) is 98.2 Å². The molecule has 0 aliphatic carbocycles. The molecule has 0 bridgehead atoms. The molecule has 5 rings (SSSR count). The minimum absolute atomic E-state index is 0.00757. The Balaban J connectivity index is 0.000000435. The molecule has 0 amide bonds. The Morgan fingerprint density at radius 1 is 0.241 bits per heavy atom. The van der Waals surface area contributed by atoms with Gasteiger partial charge in [0, 0.05) is 50.2 Å². The van der Waals surface area contributed by atoms with Crippen molar-refractivity contribution in [2.24, 2.45) is 0 Å². The van der Waals surface area contributed by atoms with Gasteiger partial charge in [-0.05, 0) is 151 Å². The molecule has 0 heterocycles.